The van der Waals surface area contributed by atoms with E-state index in [1.54, 1.807) is 6.20 Å². The van der Waals surface area contributed by atoms with Gasteiger partial charge in [0.2, 0.25) is 0 Å². The number of nitrogens with zero attached hydrogens (tertiary/aromatic N) is 1. The van der Waals surface area contributed by atoms with E-state index in [-0.39, 0.29) is 0 Å². The van der Waals surface area contributed by atoms with Crippen molar-refractivity contribution in [3.05, 3.63) is 17.8 Å². The summed E-state index contributed by atoms with van der Waals surface area (Å²) in [5, 5.41) is 3.46. The van der Waals surface area contributed by atoms with Crippen molar-refractivity contribution < 1.29 is 0 Å². The number of rotatable bonds is 3. The van der Waals surface area contributed by atoms with Crippen molar-refractivity contribution in [3.63, 3.8) is 0 Å². The Morgan fingerprint density at radius 2 is 2.12 bits per heavy atom. The molecule has 3 N–H and O–H groups in total. The lowest BCUT2D eigenvalue weighted by molar-refractivity contribution is 0.361. The predicted octanol–water partition coefficient (Wildman–Crippen LogP) is 2.96. The number of aromatic nitrogens is 1. The summed E-state index contributed by atoms with van der Waals surface area (Å²) in [6.07, 6.45) is 7.10. The summed E-state index contributed by atoms with van der Waals surface area (Å²) >= 11 is 0. The Kier molecular flexibility index (Phi) is 3.03. The monoisotopic (exact) mass is 219 g/mol. The van der Waals surface area contributed by atoms with Gasteiger partial charge in [0.25, 0.3) is 0 Å². The van der Waals surface area contributed by atoms with Crippen molar-refractivity contribution in [2.75, 3.05) is 17.6 Å². The number of anilines is 2. The normalized spacial score (nSPS) is 18.6. The second kappa shape index (κ2) is 4.32. The Balaban J connectivity index is 1.99. The molecule has 88 valence electrons. The average Bonchev–Trinajstić information content (AvgIpc) is 2.64. The van der Waals surface area contributed by atoms with Crippen LogP contribution in [0.3, 0.4) is 0 Å². The van der Waals surface area contributed by atoms with E-state index in [9.17, 15) is 0 Å². The molecule has 1 aromatic heterocycles. The molecule has 3 heteroatoms. The van der Waals surface area contributed by atoms with Crippen LogP contribution in [0.25, 0.3) is 0 Å². The van der Waals surface area contributed by atoms with Crippen molar-refractivity contribution in [1.29, 1.82) is 0 Å². The van der Waals surface area contributed by atoms with Gasteiger partial charge in [0, 0.05) is 6.54 Å². The van der Waals surface area contributed by atoms with E-state index in [1.807, 2.05) is 13.0 Å². The van der Waals surface area contributed by atoms with E-state index in [1.165, 1.54) is 25.7 Å². The van der Waals surface area contributed by atoms with Crippen LogP contribution in [0.5, 0.6) is 0 Å². The third-order valence-electron chi connectivity index (χ3n) is 3.59. The largest absolute Gasteiger partial charge is 0.397 e. The Labute approximate surface area is 97.5 Å². The molecule has 0 radical (unpaired) electrons. The van der Waals surface area contributed by atoms with E-state index >= 15 is 0 Å². The van der Waals surface area contributed by atoms with Gasteiger partial charge in [-0.2, -0.15) is 0 Å². The Morgan fingerprint density at radius 3 is 2.75 bits per heavy atom. The standard InChI is InChI=1S/C13H21N3/c1-10-7-11(14)8-15-12(10)16-9-13(2)5-3-4-6-13/h7-8H,3-6,9,14H2,1-2H3,(H,15,16). The van der Waals surface area contributed by atoms with Crippen molar-refractivity contribution in [1.82, 2.24) is 4.98 Å². The first kappa shape index (κ1) is 11.2. The molecule has 0 aliphatic heterocycles. The lowest BCUT2D eigenvalue weighted by Crippen LogP contribution is -2.23. The quantitative estimate of drug-likeness (QED) is 0.821. The molecule has 16 heavy (non-hydrogen) atoms. The molecule has 1 aliphatic carbocycles. The van der Waals surface area contributed by atoms with Crippen molar-refractivity contribution >= 4 is 11.5 Å². The van der Waals surface area contributed by atoms with E-state index < -0.39 is 0 Å². The minimum absolute atomic E-state index is 0.454. The van der Waals surface area contributed by atoms with Crippen LogP contribution >= 0.6 is 0 Å². The molecule has 0 spiro atoms. The molecule has 0 saturated heterocycles. The number of nitrogen functional groups attached to an aromatic ring is 1. The Hall–Kier alpha value is -1.25. The number of pyridine rings is 1. The minimum atomic E-state index is 0.454. The summed E-state index contributed by atoms with van der Waals surface area (Å²) in [6.45, 7) is 5.42. The fourth-order valence-corrected chi connectivity index (χ4v) is 2.48. The van der Waals surface area contributed by atoms with E-state index in [0.29, 0.717) is 5.41 Å². The van der Waals surface area contributed by atoms with Crippen molar-refractivity contribution in [2.45, 2.75) is 39.5 Å². The second-order valence-electron chi connectivity index (χ2n) is 5.31. The molecule has 1 fully saturated rings. The molecular formula is C13H21N3. The molecular weight excluding hydrogens is 198 g/mol. The zero-order valence-electron chi connectivity index (χ0n) is 10.2. The molecule has 0 bridgehead atoms. The summed E-state index contributed by atoms with van der Waals surface area (Å²) in [5.41, 5.74) is 7.99. The van der Waals surface area contributed by atoms with Gasteiger partial charge in [-0.25, -0.2) is 4.98 Å². The predicted molar refractivity (Wildman–Crippen MR) is 68.5 cm³/mol. The smallest absolute Gasteiger partial charge is 0.129 e. The van der Waals surface area contributed by atoms with Crippen LogP contribution in [0.4, 0.5) is 11.5 Å². The van der Waals surface area contributed by atoms with Crippen LogP contribution < -0.4 is 11.1 Å². The molecule has 1 aromatic rings. The van der Waals surface area contributed by atoms with Gasteiger partial charge >= 0.3 is 0 Å². The summed E-state index contributed by atoms with van der Waals surface area (Å²) in [6, 6.07) is 1.96. The lowest BCUT2D eigenvalue weighted by Gasteiger charge is -2.24. The highest BCUT2D eigenvalue weighted by Crippen LogP contribution is 2.37. The van der Waals surface area contributed by atoms with E-state index in [0.717, 1.165) is 23.6 Å². The third-order valence-corrected chi connectivity index (χ3v) is 3.59. The van der Waals surface area contributed by atoms with Gasteiger partial charge in [-0.15, -0.1) is 0 Å². The first-order valence-corrected chi connectivity index (χ1v) is 6.05. The molecule has 2 rings (SSSR count). The first-order valence-electron chi connectivity index (χ1n) is 6.05. The maximum Gasteiger partial charge on any atom is 0.129 e. The van der Waals surface area contributed by atoms with Crippen LogP contribution in [0.1, 0.15) is 38.2 Å². The van der Waals surface area contributed by atoms with Crippen LogP contribution in [0, 0.1) is 12.3 Å². The van der Waals surface area contributed by atoms with Crippen LogP contribution in [0.2, 0.25) is 0 Å². The molecule has 0 amide bonds. The van der Waals surface area contributed by atoms with Gasteiger partial charge in [-0.05, 0) is 36.8 Å². The summed E-state index contributed by atoms with van der Waals surface area (Å²) in [4.78, 5) is 4.33. The summed E-state index contributed by atoms with van der Waals surface area (Å²) in [7, 11) is 0. The van der Waals surface area contributed by atoms with Crippen LogP contribution in [-0.2, 0) is 0 Å². The highest BCUT2D eigenvalue weighted by Gasteiger charge is 2.28. The lowest BCUT2D eigenvalue weighted by atomic mass is 9.89. The zero-order chi connectivity index (χ0) is 11.6. The van der Waals surface area contributed by atoms with Crippen LogP contribution in [0.15, 0.2) is 12.3 Å². The van der Waals surface area contributed by atoms with Crippen molar-refractivity contribution in [3.8, 4) is 0 Å². The second-order valence-corrected chi connectivity index (χ2v) is 5.31. The molecule has 0 unspecified atom stereocenters. The Bertz CT molecular complexity index is 367. The number of hydrogen-bond donors (Lipinski definition) is 2. The molecule has 1 aliphatic rings. The number of nitrogens with two attached hydrogens (primary N) is 1. The fourth-order valence-electron chi connectivity index (χ4n) is 2.48. The van der Waals surface area contributed by atoms with Crippen molar-refractivity contribution in [2.24, 2.45) is 5.41 Å². The molecule has 1 saturated carbocycles. The number of aryl methyl sites for hydroxylation is 1. The zero-order valence-corrected chi connectivity index (χ0v) is 10.2. The molecule has 1 heterocycles. The van der Waals surface area contributed by atoms with E-state index in [2.05, 4.69) is 17.2 Å². The highest BCUT2D eigenvalue weighted by molar-refractivity contribution is 5.50. The number of nitrogens with one attached hydrogen (secondary N) is 1. The molecule has 0 aromatic carbocycles. The first-order chi connectivity index (χ1) is 7.59. The molecule has 3 nitrogen and oxygen atoms in total. The third kappa shape index (κ3) is 2.46. The van der Waals surface area contributed by atoms with E-state index in [4.69, 9.17) is 5.73 Å². The van der Waals surface area contributed by atoms with Gasteiger partial charge in [-0.1, -0.05) is 19.8 Å². The fraction of sp³-hybridized carbons (Fsp3) is 0.615. The van der Waals surface area contributed by atoms with Gasteiger partial charge in [0.15, 0.2) is 0 Å². The SMILES string of the molecule is Cc1cc(N)cnc1NCC1(C)CCCC1. The Morgan fingerprint density at radius 1 is 1.44 bits per heavy atom. The summed E-state index contributed by atoms with van der Waals surface area (Å²) < 4.78 is 0. The summed E-state index contributed by atoms with van der Waals surface area (Å²) in [5.74, 6) is 0.974. The maximum absolute atomic E-state index is 5.68. The topological polar surface area (TPSA) is 50.9 Å². The molecule has 0 atom stereocenters. The van der Waals surface area contributed by atoms with Crippen LogP contribution in [-0.4, -0.2) is 11.5 Å². The minimum Gasteiger partial charge on any atom is -0.397 e. The average molecular weight is 219 g/mol. The number of hydrogen-bond acceptors (Lipinski definition) is 3. The van der Waals surface area contributed by atoms with Gasteiger partial charge in [0.1, 0.15) is 5.82 Å². The van der Waals surface area contributed by atoms with Gasteiger partial charge in [-0.3, -0.25) is 0 Å². The van der Waals surface area contributed by atoms with Gasteiger partial charge < -0.3 is 11.1 Å². The maximum atomic E-state index is 5.68. The van der Waals surface area contributed by atoms with Gasteiger partial charge in [0.05, 0.1) is 11.9 Å². The highest BCUT2D eigenvalue weighted by atomic mass is 15.0.